The van der Waals surface area contributed by atoms with Gasteiger partial charge in [-0.3, -0.25) is 9.78 Å². The van der Waals surface area contributed by atoms with Crippen molar-refractivity contribution < 1.29 is 9.21 Å². The molecular weight excluding hydrogens is 270 g/mol. The lowest BCUT2D eigenvalue weighted by Gasteiger charge is -2.09. The molecular formula is C14H19N5O2. The first-order valence-corrected chi connectivity index (χ1v) is 6.79. The van der Waals surface area contributed by atoms with Gasteiger partial charge in [-0.05, 0) is 26.2 Å². The molecule has 1 N–H and O–H groups in total. The van der Waals surface area contributed by atoms with Gasteiger partial charge in [-0.25, -0.2) is 0 Å². The summed E-state index contributed by atoms with van der Waals surface area (Å²) < 4.78 is 5.52. The molecule has 0 spiro atoms. The second-order valence-corrected chi connectivity index (χ2v) is 4.89. The lowest BCUT2D eigenvalue weighted by molar-refractivity contribution is -0.121. The third kappa shape index (κ3) is 4.96. The number of aryl methyl sites for hydroxylation is 1. The molecule has 7 nitrogen and oxygen atoms in total. The number of rotatable bonds is 7. The van der Waals surface area contributed by atoms with E-state index in [1.807, 2.05) is 19.0 Å². The van der Waals surface area contributed by atoms with Crippen LogP contribution in [0.4, 0.5) is 0 Å². The molecule has 2 heterocycles. The van der Waals surface area contributed by atoms with Crippen LogP contribution >= 0.6 is 0 Å². The highest BCUT2D eigenvalue weighted by atomic mass is 16.4. The Bertz CT molecular complexity index is 568. The molecule has 0 aromatic carbocycles. The van der Waals surface area contributed by atoms with Crippen molar-refractivity contribution in [3.8, 4) is 11.5 Å². The number of hydrogen-bond donors (Lipinski definition) is 1. The fourth-order valence-corrected chi connectivity index (χ4v) is 1.69. The predicted octanol–water partition coefficient (Wildman–Crippen LogP) is 0.742. The summed E-state index contributed by atoms with van der Waals surface area (Å²) >= 11 is 0. The fourth-order valence-electron chi connectivity index (χ4n) is 1.69. The zero-order valence-electron chi connectivity index (χ0n) is 12.2. The average Bonchev–Trinajstić information content (AvgIpc) is 2.94. The summed E-state index contributed by atoms with van der Waals surface area (Å²) in [6, 6.07) is 3.59. The minimum atomic E-state index is -0.0134. The number of carbonyl (C=O) groups is 1. The van der Waals surface area contributed by atoms with E-state index in [0.29, 0.717) is 31.2 Å². The Morgan fingerprint density at radius 3 is 2.76 bits per heavy atom. The molecule has 0 unspecified atom stereocenters. The molecule has 0 radical (unpaired) electrons. The highest BCUT2D eigenvalue weighted by molar-refractivity contribution is 5.75. The lowest BCUT2D eigenvalue weighted by Crippen LogP contribution is -2.31. The molecule has 0 bridgehead atoms. The molecule has 0 saturated carbocycles. The summed E-state index contributed by atoms with van der Waals surface area (Å²) in [4.78, 5) is 17.6. The molecule has 0 aliphatic heterocycles. The van der Waals surface area contributed by atoms with E-state index < -0.39 is 0 Å². The Kier molecular flexibility index (Phi) is 5.39. The molecule has 0 saturated heterocycles. The molecule has 2 aromatic heterocycles. The molecule has 7 heteroatoms. The number of amides is 1. The maximum Gasteiger partial charge on any atom is 0.247 e. The highest BCUT2D eigenvalue weighted by Crippen LogP contribution is 2.16. The number of hydrogen-bond acceptors (Lipinski definition) is 6. The van der Waals surface area contributed by atoms with Gasteiger partial charge in [-0.15, -0.1) is 10.2 Å². The summed E-state index contributed by atoms with van der Waals surface area (Å²) in [6.45, 7) is 1.45. The average molecular weight is 289 g/mol. The number of pyridine rings is 1. The van der Waals surface area contributed by atoms with Crippen LogP contribution in [-0.4, -0.2) is 53.2 Å². The van der Waals surface area contributed by atoms with Crippen molar-refractivity contribution in [3.63, 3.8) is 0 Å². The number of aromatic nitrogens is 3. The predicted molar refractivity (Wildman–Crippen MR) is 77.4 cm³/mol. The SMILES string of the molecule is CN(C)CCNC(=O)CCc1nnc(-c2ccncc2)o1. The van der Waals surface area contributed by atoms with Gasteiger partial charge in [0.2, 0.25) is 17.7 Å². The third-order valence-corrected chi connectivity index (χ3v) is 2.84. The maximum atomic E-state index is 11.6. The Labute approximate surface area is 123 Å². The van der Waals surface area contributed by atoms with Crippen LogP contribution in [0.5, 0.6) is 0 Å². The minimum absolute atomic E-state index is 0.0134. The van der Waals surface area contributed by atoms with Crippen LogP contribution in [0.3, 0.4) is 0 Å². The summed E-state index contributed by atoms with van der Waals surface area (Å²) in [6.07, 6.45) is 4.10. The van der Waals surface area contributed by atoms with Crippen LogP contribution in [0.25, 0.3) is 11.5 Å². The Morgan fingerprint density at radius 2 is 2.05 bits per heavy atom. The summed E-state index contributed by atoms with van der Waals surface area (Å²) in [7, 11) is 3.93. The van der Waals surface area contributed by atoms with Gasteiger partial charge < -0.3 is 14.6 Å². The molecule has 112 valence electrons. The largest absolute Gasteiger partial charge is 0.421 e. The Balaban J connectivity index is 1.79. The molecule has 0 atom stereocenters. The van der Waals surface area contributed by atoms with E-state index in [9.17, 15) is 4.79 Å². The lowest BCUT2D eigenvalue weighted by atomic mass is 10.3. The van der Waals surface area contributed by atoms with E-state index >= 15 is 0 Å². The quantitative estimate of drug-likeness (QED) is 0.809. The second kappa shape index (κ2) is 7.49. The number of nitrogens with one attached hydrogen (secondary N) is 1. The smallest absolute Gasteiger partial charge is 0.247 e. The maximum absolute atomic E-state index is 11.6. The van der Waals surface area contributed by atoms with E-state index in [2.05, 4.69) is 20.5 Å². The Morgan fingerprint density at radius 1 is 1.29 bits per heavy atom. The van der Waals surface area contributed by atoms with Gasteiger partial charge >= 0.3 is 0 Å². The van der Waals surface area contributed by atoms with Gasteiger partial charge in [0.1, 0.15) is 0 Å². The molecule has 21 heavy (non-hydrogen) atoms. The monoisotopic (exact) mass is 289 g/mol. The number of carbonyl (C=O) groups excluding carboxylic acids is 1. The van der Waals surface area contributed by atoms with Crippen molar-refractivity contribution in [3.05, 3.63) is 30.4 Å². The molecule has 2 rings (SSSR count). The topological polar surface area (TPSA) is 84.2 Å². The van der Waals surface area contributed by atoms with Crippen LogP contribution < -0.4 is 5.32 Å². The van der Waals surface area contributed by atoms with Crippen LogP contribution in [0.1, 0.15) is 12.3 Å². The first kappa shape index (κ1) is 15.1. The third-order valence-electron chi connectivity index (χ3n) is 2.84. The van der Waals surface area contributed by atoms with Gasteiger partial charge in [-0.1, -0.05) is 0 Å². The second-order valence-electron chi connectivity index (χ2n) is 4.89. The Hall–Kier alpha value is -2.28. The van der Waals surface area contributed by atoms with Crippen molar-refractivity contribution in [2.75, 3.05) is 27.2 Å². The van der Waals surface area contributed by atoms with Crippen LogP contribution in [0.2, 0.25) is 0 Å². The fraction of sp³-hybridized carbons (Fsp3) is 0.429. The van der Waals surface area contributed by atoms with Crippen LogP contribution in [0.15, 0.2) is 28.9 Å². The minimum Gasteiger partial charge on any atom is -0.421 e. The van der Waals surface area contributed by atoms with Gasteiger partial charge in [0, 0.05) is 43.9 Å². The summed E-state index contributed by atoms with van der Waals surface area (Å²) in [5.74, 6) is 0.894. The molecule has 1 amide bonds. The first-order valence-electron chi connectivity index (χ1n) is 6.79. The van der Waals surface area contributed by atoms with Gasteiger partial charge in [0.25, 0.3) is 0 Å². The highest BCUT2D eigenvalue weighted by Gasteiger charge is 2.10. The van der Waals surface area contributed by atoms with Crippen LogP contribution in [-0.2, 0) is 11.2 Å². The normalized spacial score (nSPS) is 10.8. The van der Waals surface area contributed by atoms with E-state index in [4.69, 9.17) is 4.42 Å². The van der Waals surface area contributed by atoms with Crippen molar-refractivity contribution in [2.45, 2.75) is 12.8 Å². The summed E-state index contributed by atoms with van der Waals surface area (Å²) in [5.41, 5.74) is 0.819. The van der Waals surface area contributed by atoms with Gasteiger partial charge in [0.15, 0.2) is 0 Å². The van der Waals surface area contributed by atoms with Crippen molar-refractivity contribution in [1.29, 1.82) is 0 Å². The number of likely N-dealkylation sites (N-methyl/N-ethyl adjacent to an activating group) is 1. The van der Waals surface area contributed by atoms with Gasteiger partial charge in [-0.2, -0.15) is 0 Å². The standard InChI is InChI=1S/C14H19N5O2/c1-19(2)10-9-16-12(20)3-4-13-17-18-14(21-13)11-5-7-15-8-6-11/h5-8H,3-4,9-10H2,1-2H3,(H,16,20). The van der Waals surface area contributed by atoms with E-state index in [1.165, 1.54) is 0 Å². The van der Waals surface area contributed by atoms with Crippen molar-refractivity contribution in [2.24, 2.45) is 0 Å². The van der Waals surface area contributed by atoms with Crippen molar-refractivity contribution in [1.82, 2.24) is 25.4 Å². The molecule has 0 aliphatic carbocycles. The molecule has 0 fully saturated rings. The molecule has 0 aliphatic rings. The zero-order chi connectivity index (χ0) is 15.1. The van der Waals surface area contributed by atoms with E-state index in [1.54, 1.807) is 24.5 Å². The zero-order valence-corrected chi connectivity index (χ0v) is 12.2. The van der Waals surface area contributed by atoms with Gasteiger partial charge in [0.05, 0.1) is 0 Å². The van der Waals surface area contributed by atoms with E-state index in [0.717, 1.165) is 12.1 Å². The van der Waals surface area contributed by atoms with Crippen LogP contribution in [0, 0.1) is 0 Å². The first-order chi connectivity index (χ1) is 10.1. The van der Waals surface area contributed by atoms with Crippen molar-refractivity contribution >= 4 is 5.91 Å². The summed E-state index contributed by atoms with van der Waals surface area (Å²) in [5, 5.41) is 10.8. The number of nitrogens with zero attached hydrogens (tertiary/aromatic N) is 4. The van der Waals surface area contributed by atoms with E-state index in [-0.39, 0.29) is 5.91 Å². The molecule has 2 aromatic rings.